The second kappa shape index (κ2) is 15.4. The predicted molar refractivity (Wildman–Crippen MR) is 169 cm³/mol. The molecule has 0 aliphatic carbocycles. The van der Waals surface area contributed by atoms with Gasteiger partial charge in [0.05, 0.1) is 24.4 Å². The van der Waals surface area contributed by atoms with Crippen LogP contribution in [0.15, 0.2) is 94.5 Å². The van der Waals surface area contributed by atoms with E-state index < -0.39 is 5.91 Å². The van der Waals surface area contributed by atoms with E-state index >= 15 is 0 Å². The molecule has 4 rings (SSSR count). The van der Waals surface area contributed by atoms with E-state index in [-0.39, 0.29) is 12.5 Å². The molecule has 2 N–H and O–H groups in total. The molecule has 0 bridgehead atoms. The maximum atomic E-state index is 12.8. The van der Waals surface area contributed by atoms with Gasteiger partial charge in [-0.15, -0.1) is 0 Å². The molecule has 222 valence electrons. The van der Waals surface area contributed by atoms with E-state index in [1.807, 2.05) is 68.4 Å². The molecular formula is C33H32BrN3O6. The van der Waals surface area contributed by atoms with Crippen molar-refractivity contribution in [3.8, 4) is 23.0 Å². The topological polar surface area (TPSA) is 107 Å². The van der Waals surface area contributed by atoms with Crippen LogP contribution in [-0.4, -0.2) is 38.4 Å². The number of hydrazone groups is 1. The molecule has 4 aromatic carbocycles. The second-order valence-corrected chi connectivity index (χ2v) is 10.2. The van der Waals surface area contributed by atoms with Gasteiger partial charge >= 0.3 is 0 Å². The minimum Gasteiger partial charge on any atom is -0.493 e. The Bertz CT molecular complexity index is 1590. The monoisotopic (exact) mass is 645 g/mol. The fourth-order valence-corrected chi connectivity index (χ4v) is 4.59. The summed E-state index contributed by atoms with van der Waals surface area (Å²) in [6, 6.07) is 25.6. The number of anilines is 1. The average molecular weight is 647 g/mol. The van der Waals surface area contributed by atoms with Crippen LogP contribution < -0.4 is 29.7 Å². The summed E-state index contributed by atoms with van der Waals surface area (Å²) in [5.74, 6) is 1.03. The number of ether oxygens (including phenoxy) is 4. The number of carbonyl (C=O) groups is 2. The van der Waals surface area contributed by atoms with Gasteiger partial charge in [0.2, 0.25) is 0 Å². The SMILES string of the molecule is CCOc1cc(/C=N/NC(=O)c2ccc(OCc3ccccc3)c(OC)c2)cc(Br)c1OCC(=O)Nc1cccc(C)c1. The number of halogens is 1. The summed E-state index contributed by atoms with van der Waals surface area (Å²) in [4.78, 5) is 25.2. The number of hydrogen-bond acceptors (Lipinski definition) is 7. The highest BCUT2D eigenvalue weighted by Crippen LogP contribution is 2.36. The van der Waals surface area contributed by atoms with Crippen LogP contribution in [0.25, 0.3) is 0 Å². The Morgan fingerprint density at radius 2 is 1.70 bits per heavy atom. The Labute approximate surface area is 258 Å². The number of nitrogens with one attached hydrogen (secondary N) is 2. The first-order valence-electron chi connectivity index (χ1n) is 13.5. The van der Waals surface area contributed by atoms with Gasteiger partial charge in [0.25, 0.3) is 11.8 Å². The molecule has 2 amide bonds. The number of nitrogens with zero attached hydrogens (tertiary/aromatic N) is 1. The molecule has 0 spiro atoms. The lowest BCUT2D eigenvalue weighted by atomic mass is 10.2. The normalized spacial score (nSPS) is 10.7. The number of hydrogen-bond donors (Lipinski definition) is 2. The van der Waals surface area contributed by atoms with Crippen molar-refractivity contribution in [3.05, 3.63) is 112 Å². The van der Waals surface area contributed by atoms with Gasteiger partial charge in [-0.05, 0) is 88.9 Å². The highest BCUT2D eigenvalue weighted by Gasteiger charge is 2.15. The van der Waals surface area contributed by atoms with Crippen LogP contribution in [-0.2, 0) is 11.4 Å². The van der Waals surface area contributed by atoms with Crippen LogP contribution in [0.1, 0.15) is 34.0 Å². The number of amides is 2. The minimum absolute atomic E-state index is 0.213. The van der Waals surface area contributed by atoms with Gasteiger partial charge < -0.3 is 24.3 Å². The van der Waals surface area contributed by atoms with Crippen LogP contribution in [0.4, 0.5) is 5.69 Å². The fraction of sp³-hybridized carbons (Fsp3) is 0.182. The van der Waals surface area contributed by atoms with Crippen LogP contribution in [0.2, 0.25) is 0 Å². The molecule has 0 aliphatic rings. The van der Waals surface area contributed by atoms with Crippen molar-refractivity contribution in [2.24, 2.45) is 5.10 Å². The smallest absolute Gasteiger partial charge is 0.271 e. The molecule has 0 heterocycles. The Morgan fingerprint density at radius 1 is 0.884 bits per heavy atom. The van der Waals surface area contributed by atoms with Crippen LogP contribution in [0.3, 0.4) is 0 Å². The molecule has 10 heteroatoms. The van der Waals surface area contributed by atoms with E-state index in [1.54, 1.807) is 30.3 Å². The third kappa shape index (κ3) is 9.08. The summed E-state index contributed by atoms with van der Waals surface area (Å²) in [5.41, 5.74) is 6.25. The fourth-order valence-electron chi connectivity index (χ4n) is 4.02. The molecule has 43 heavy (non-hydrogen) atoms. The van der Waals surface area contributed by atoms with Gasteiger partial charge in [-0.2, -0.15) is 5.10 Å². The first-order valence-corrected chi connectivity index (χ1v) is 14.3. The Kier molecular flexibility index (Phi) is 11.2. The number of methoxy groups -OCH3 is 1. The molecule has 0 aliphatic heterocycles. The van der Waals surface area contributed by atoms with Gasteiger partial charge in [-0.1, -0.05) is 42.5 Å². The molecule has 0 radical (unpaired) electrons. The number of aryl methyl sites for hydroxylation is 1. The molecule has 0 saturated carbocycles. The lowest BCUT2D eigenvalue weighted by Crippen LogP contribution is -2.20. The van der Waals surface area contributed by atoms with Crippen molar-refractivity contribution in [2.45, 2.75) is 20.5 Å². The number of rotatable bonds is 13. The van der Waals surface area contributed by atoms with Crippen molar-refractivity contribution < 1.29 is 28.5 Å². The summed E-state index contributed by atoms with van der Waals surface area (Å²) in [6.07, 6.45) is 1.48. The lowest BCUT2D eigenvalue weighted by molar-refractivity contribution is -0.118. The largest absolute Gasteiger partial charge is 0.493 e. The van der Waals surface area contributed by atoms with Gasteiger partial charge in [-0.3, -0.25) is 9.59 Å². The molecule has 9 nitrogen and oxygen atoms in total. The van der Waals surface area contributed by atoms with Crippen molar-refractivity contribution >= 4 is 39.6 Å². The second-order valence-electron chi connectivity index (χ2n) is 9.31. The summed E-state index contributed by atoms with van der Waals surface area (Å²) >= 11 is 3.49. The maximum Gasteiger partial charge on any atom is 0.271 e. The molecule has 4 aromatic rings. The zero-order valence-corrected chi connectivity index (χ0v) is 25.6. The Hall–Kier alpha value is -4.83. The van der Waals surface area contributed by atoms with Crippen LogP contribution in [0, 0.1) is 6.92 Å². The van der Waals surface area contributed by atoms with Crippen molar-refractivity contribution in [1.82, 2.24) is 5.43 Å². The molecule has 0 fully saturated rings. The third-order valence-electron chi connectivity index (χ3n) is 6.02. The first-order chi connectivity index (χ1) is 20.9. The predicted octanol–water partition coefficient (Wildman–Crippen LogP) is 6.53. The van der Waals surface area contributed by atoms with E-state index in [0.29, 0.717) is 57.5 Å². The number of carbonyl (C=O) groups excluding carboxylic acids is 2. The van der Waals surface area contributed by atoms with Crippen molar-refractivity contribution in [3.63, 3.8) is 0 Å². The summed E-state index contributed by atoms with van der Waals surface area (Å²) in [7, 11) is 1.52. The molecule has 0 atom stereocenters. The van der Waals surface area contributed by atoms with Crippen LogP contribution >= 0.6 is 15.9 Å². The maximum absolute atomic E-state index is 12.8. The van der Waals surface area contributed by atoms with E-state index in [2.05, 4.69) is 31.8 Å². The molecule has 0 saturated heterocycles. The van der Waals surface area contributed by atoms with Gasteiger partial charge in [-0.25, -0.2) is 5.43 Å². The highest BCUT2D eigenvalue weighted by molar-refractivity contribution is 9.10. The number of benzene rings is 4. The van der Waals surface area contributed by atoms with E-state index in [9.17, 15) is 9.59 Å². The minimum atomic E-state index is -0.423. The van der Waals surface area contributed by atoms with Crippen LogP contribution in [0.5, 0.6) is 23.0 Å². The molecule has 0 unspecified atom stereocenters. The van der Waals surface area contributed by atoms with E-state index in [4.69, 9.17) is 18.9 Å². The summed E-state index contributed by atoms with van der Waals surface area (Å²) in [5, 5.41) is 6.91. The van der Waals surface area contributed by atoms with E-state index in [1.165, 1.54) is 13.3 Å². The standard InChI is InChI=1S/C33H32BrN3O6/c1-4-41-30-17-24(16-27(34)32(30)43-21-31(38)36-26-12-8-9-22(2)15-26)19-35-37-33(39)25-13-14-28(29(18-25)40-3)42-20-23-10-6-5-7-11-23/h5-19H,4,20-21H2,1-3H3,(H,36,38)(H,37,39)/b35-19+. The van der Waals surface area contributed by atoms with E-state index in [0.717, 1.165) is 11.1 Å². The van der Waals surface area contributed by atoms with Crippen molar-refractivity contribution in [1.29, 1.82) is 0 Å². The summed E-state index contributed by atoms with van der Waals surface area (Å²) < 4.78 is 23.4. The zero-order chi connectivity index (χ0) is 30.6. The Morgan fingerprint density at radius 3 is 2.44 bits per heavy atom. The summed E-state index contributed by atoms with van der Waals surface area (Å²) in [6.45, 7) is 4.33. The highest BCUT2D eigenvalue weighted by atomic mass is 79.9. The first kappa shape index (κ1) is 31.1. The molecular weight excluding hydrogens is 614 g/mol. The Balaban J connectivity index is 1.37. The van der Waals surface area contributed by atoms with Crippen molar-refractivity contribution in [2.75, 3.05) is 25.6 Å². The average Bonchev–Trinajstić information content (AvgIpc) is 3.00. The van der Waals surface area contributed by atoms with Gasteiger partial charge in [0, 0.05) is 11.3 Å². The lowest BCUT2D eigenvalue weighted by Gasteiger charge is -2.14. The zero-order valence-electron chi connectivity index (χ0n) is 24.1. The van der Waals surface area contributed by atoms with Gasteiger partial charge in [0.1, 0.15) is 6.61 Å². The quantitative estimate of drug-likeness (QED) is 0.127. The third-order valence-corrected chi connectivity index (χ3v) is 6.61. The van der Waals surface area contributed by atoms with Gasteiger partial charge in [0.15, 0.2) is 29.6 Å². The molecule has 0 aromatic heterocycles.